The van der Waals surface area contributed by atoms with Gasteiger partial charge in [-0.15, -0.1) is 0 Å². The summed E-state index contributed by atoms with van der Waals surface area (Å²) in [5, 5.41) is 13.2. The lowest BCUT2D eigenvalue weighted by Gasteiger charge is -2.13. The minimum atomic E-state index is -0.382. The van der Waals surface area contributed by atoms with Crippen molar-refractivity contribution in [3.63, 3.8) is 0 Å². The standard InChI is InChI=1S/C27H27NO6/c1-31-22-15-19(10-11-20-16-23(32-2)27(34-4)24(17-20)33-3)14-21(26(22)30)28-25(29)13-12-18-8-6-5-7-9-18/h5-17,30H,1-4H3,(H,28,29). The van der Waals surface area contributed by atoms with Gasteiger partial charge in [-0.2, -0.15) is 0 Å². The number of rotatable bonds is 9. The van der Waals surface area contributed by atoms with Crippen molar-refractivity contribution < 1.29 is 28.8 Å². The normalized spacial score (nSPS) is 10.9. The number of hydrogen-bond donors (Lipinski definition) is 2. The molecule has 0 saturated heterocycles. The van der Waals surface area contributed by atoms with Crippen LogP contribution in [0, 0.1) is 0 Å². The molecular formula is C27H27NO6. The van der Waals surface area contributed by atoms with E-state index in [0.717, 1.165) is 11.1 Å². The third-order valence-corrected chi connectivity index (χ3v) is 4.96. The zero-order valence-electron chi connectivity index (χ0n) is 19.5. The average Bonchev–Trinajstić information content (AvgIpc) is 2.87. The van der Waals surface area contributed by atoms with Crippen molar-refractivity contribution in [3.05, 3.63) is 77.4 Å². The Bertz CT molecular complexity index is 1180. The van der Waals surface area contributed by atoms with Crippen molar-refractivity contribution in [2.45, 2.75) is 0 Å². The molecule has 0 aromatic heterocycles. The van der Waals surface area contributed by atoms with Crippen molar-refractivity contribution in [3.8, 4) is 28.7 Å². The van der Waals surface area contributed by atoms with Crippen LogP contribution in [0.1, 0.15) is 16.7 Å². The quantitative estimate of drug-likeness (QED) is 0.257. The molecule has 0 bridgehead atoms. The van der Waals surface area contributed by atoms with E-state index in [4.69, 9.17) is 18.9 Å². The molecule has 0 aliphatic carbocycles. The number of ether oxygens (including phenoxy) is 4. The summed E-state index contributed by atoms with van der Waals surface area (Å²) in [6.45, 7) is 0. The molecule has 0 radical (unpaired) electrons. The lowest BCUT2D eigenvalue weighted by molar-refractivity contribution is -0.111. The van der Waals surface area contributed by atoms with Crippen molar-refractivity contribution in [1.29, 1.82) is 0 Å². The molecule has 0 unspecified atom stereocenters. The van der Waals surface area contributed by atoms with Crippen molar-refractivity contribution in [1.82, 2.24) is 0 Å². The monoisotopic (exact) mass is 461 g/mol. The zero-order valence-corrected chi connectivity index (χ0v) is 19.5. The van der Waals surface area contributed by atoms with E-state index in [1.54, 1.807) is 39.5 Å². The number of phenolic OH excluding ortho intramolecular Hbond substituents is 1. The first-order chi connectivity index (χ1) is 16.5. The minimum absolute atomic E-state index is 0.158. The zero-order chi connectivity index (χ0) is 24.5. The molecule has 2 N–H and O–H groups in total. The first-order valence-corrected chi connectivity index (χ1v) is 10.4. The van der Waals surface area contributed by atoms with Crippen LogP contribution in [0.4, 0.5) is 5.69 Å². The van der Waals surface area contributed by atoms with Crippen LogP contribution in [-0.4, -0.2) is 39.5 Å². The maximum Gasteiger partial charge on any atom is 0.248 e. The van der Waals surface area contributed by atoms with Crippen LogP contribution in [0.15, 0.2) is 60.7 Å². The van der Waals surface area contributed by atoms with Gasteiger partial charge in [-0.1, -0.05) is 42.5 Å². The Balaban J connectivity index is 1.87. The van der Waals surface area contributed by atoms with Gasteiger partial charge in [-0.3, -0.25) is 4.79 Å². The fourth-order valence-electron chi connectivity index (χ4n) is 3.28. The molecule has 3 rings (SSSR count). The highest BCUT2D eigenvalue weighted by molar-refractivity contribution is 6.03. The van der Waals surface area contributed by atoms with Crippen LogP contribution in [-0.2, 0) is 4.79 Å². The molecule has 7 nitrogen and oxygen atoms in total. The largest absolute Gasteiger partial charge is 0.503 e. The van der Waals surface area contributed by atoms with E-state index in [1.807, 2.05) is 54.6 Å². The molecule has 7 heteroatoms. The summed E-state index contributed by atoms with van der Waals surface area (Å²) in [6.07, 6.45) is 6.76. The predicted molar refractivity (Wildman–Crippen MR) is 134 cm³/mol. The Morgan fingerprint density at radius 3 is 1.85 bits per heavy atom. The maximum absolute atomic E-state index is 12.4. The molecule has 0 fully saturated rings. The Morgan fingerprint density at radius 2 is 1.29 bits per heavy atom. The Hall–Kier alpha value is -4.39. The molecule has 0 aliphatic heterocycles. The maximum atomic E-state index is 12.4. The summed E-state index contributed by atoms with van der Waals surface area (Å²) in [4.78, 5) is 12.4. The Labute approximate surface area is 198 Å². The number of amides is 1. The highest BCUT2D eigenvalue weighted by Crippen LogP contribution is 2.39. The molecule has 3 aromatic carbocycles. The molecule has 0 spiro atoms. The first-order valence-electron chi connectivity index (χ1n) is 10.4. The van der Waals surface area contributed by atoms with Gasteiger partial charge in [0.2, 0.25) is 11.7 Å². The van der Waals surface area contributed by atoms with Gasteiger partial charge in [-0.25, -0.2) is 0 Å². The van der Waals surface area contributed by atoms with E-state index in [9.17, 15) is 9.90 Å². The van der Waals surface area contributed by atoms with E-state index in [-0.39, 0.29) is 23.1 Å². The Morgan fingerprint density at radius 1 is 0.735 bits per heavy atom. The topological polar surface area (TPSA) is 86.3 Å². The van der Waals surface area contributed by atoms with Crippen LogP contribution in [0.25, 0.3) is 18.2 Å². The van der Waals surface area contributed by atoms with E-state index >= 15 is 0 Å². The van der Waals surface area contributed by atoms with Gasteiger partial charge >= 0.3 is 0 Å². The van der Waals surface area contributed by atoms with Crippen molar-refractivity contribution in [2.75, 3.05) is 33.8 Å². The number of hydrogen-bond acceptors (Lipinski definition) is 6. The highest BCUT2D eigenvalue weighted by atomic mass is 16.5. The summed E-state index contributed by atoms with van der Waals surface area (Å²) in [5.74, 6) is 1.25. The summed E-state index contributed by atoms with van der Waals surface area (Å²) in [5.41, 5.74) is 2.62. The molecule has 176 valence electrons. The fraction of sp³-hybridized carbons (Fsp3) is 0.148. The first kappa shape index (κ1) is 24.3. The molecule has 0 aliphatic rings. The summed E-state index contributed by atoms with van der Waals surface area (Å²) < 4.78 is 21.4. The van der Waals surface area contributed by atoms with E-state index in [1.165, 1.54) is 13.2 Å². The van der Waals surface area contributed by atoms with Gasteiger partial charge in [-0.05, 0) is 47.0 Å². The SMILES string of the molecule is COc1cc(C=Cc2cc(OC)c(OC)c(OC)c2)cc(NC(=O)C=Cc2ccccc2)c1O. The second kappa shape index (κ2) is 11.5. The summed E-state index contributed by atoms with van der Waals surface area (Å²) in [6, 6.07) is 16.4. The van der Waals surface area contributed by atoms with Crippen LogP contribution >= 0.6 is 0 Å². The van der Waals surface area contributed by atoms with Crippen LogP contribution in [0.5, 0.6) is 28.7 Å². The molecule has 0 saturated carbocycles. The number of nitrogens with one attached hydrogen (secondary N) is 1. The molecule has 34 heavy (non-hydrogen) atoms. The number of phenols is 1. The van der Waals surface area contributed by atoms with Crippen LogP contribution in [0.3, 0.4) is 0 Å². The highest BCUT2D eigenvalue weighted by Gasteiger charge is 2.13. The smallest absolute Gasteiger partial charge is 0.248 e. The number of methoxy groups -OCH3 is 4. The molecule has 3 aromatic rings. The van der Waals surface area contributed by atoms with Crippen LogP contribution < -0.4 is 24.3 Å². The third kappa shape index (κ3) is 5.89. The second-order valence-electron chi connectivity index (χ2n) is 7.14. The van der Waals surface area contributed by atoms with Gasteiger partial charge < -0.3 is 29.4 Å². The van der Waals surface area contributed by atoms with Crippen molar-refractivity contribution in [2.24, 2.45) is 0 Å². The lowest BCUT2D eigenvalue weighted by atomic mass is 10.1. The average molecular weight is 462 g/mol. The van der Waals surface area contributed by atoms with Gasteiger partial charge in [0.05, 0.1) is 34.1 Å². The number of carbonyl (C=O) groups excluding carboxylic acids is 1. The second-order valence-corrected chi connectivity index (χ2v) is 7.14. The summed E-state index contributed by atoms with van der Waals surface area (Å²) in [7, 11) is 6.10. The van der Waals surface area contributed by atoms with E-state index in [0.29, 0.717) is 22.8 Å². The number of benzene rings is 3. The fourth-order valence-corrected chi connectivity index (χ4v) is 3.28. The van der Waals surface area contributed by atoms with E-state index < -0.39 is 0 Å². The van der Waals surface area contributed by atoms with Gasteiger partial charge in [0.1, 0.15) is 0 Å². The van der Waals surface area contributed by atoms with Gasteiger partial charge in [0.15, 0.2) is 23.0 Å². The lowest BCUT2D eigenvalue weighted by Crippen LogP contribution is -2.08. The van der Waals surface area contributed by atoms with Gasteiger partial charge in [0, 0.05) is 6.08 Å². The summed E-state index contributed by atoms with van der Waals surface area (Å²) >= 11 is 0. The van der Waals surface area contributed by atoms with Gasteiger partial charge in [0.25, 0.3) is 0 Å². The molecule has 1 amide bonds. The third-order valence-electron chi connectivity index (χ3n) is 4.96. The van der Waals surface area contributed by atoms with Crippen LogP contribution in [0.2, 0.25) is 0 Å². The number of aromatic hydroxyl groups is 1. The molecule has 0 atom stereocenters. The minimum Gasteiger partial charge on any atom is -0.503 e. The van der Waals surface area contributed by atoms with E-state index in [2.05, 4.69) is 5.32 Å². The molecular weight excluding hydrogens is 434 g/mol. The number of carbonyl (C=O) groups is 1. The molecule has 0 heterocycles. The predicted octanol–water partition coefficient (Wildman–Crippen LogP) is 5.25. The number of anilines is 1. The van der Waals surface area contributed by atoms with Crippen molar-refractivity contribution >= 4 is 29.8 Å². The Kier molecular flexibility index (Phi) is 8.18.